The Hall–Kier alpha value is -5.42. The molecule has 20 nitrogen and oxygen atoms in total. The van der Waals surface area contributed by atoms with Crippen LogP contribution in [0.2, 0.25) is 30.1 Å². The summed E-state index contributed by atoms with van der Waals surface area (Å²) in [6.07, 6.45) is -3.26. The highest BCUT2D eigenvalue weighted by Crippen LogP contribution is 2.44. The van der Waals surface area contributed by atoms with Gasteiger partial charge in [-0.3, -0.25) is 0 Å². The third-order valence-electron chi connectivity index (χ3n) is 14.3. The van der Waals surface area contributed by atoms with Crippen molar-refractivity contribution in [2.45, 2.75) is 113 Å². The lowest BCUT2D eigenvalue weighted by molar-refractivity contribution is -0.224. The minimum absolute atomic E-state index is 0.0190. The summed E-state index contributed by atoms with van der Waals surface area (Å²) >= 11 is 37.7. The number of ether oxygens (including phenoxy) is 4. The zero-order valence-electron chi connectivity index (χ0n) is 44.3. The van der Waals surface area contributed by atoms with Gasteiger partial charge in [0, 0.05) is 34.4 Å². The number of aliphatic hydroxyl groups excluding tert-OH is 4. The molecule has 6 heterocycles. The summed E-state index contributed by atoms with van der Waals surface area (Å²) in [6, 6.07) is 11.3. The second-order valence-electron chi connectivity index (χ2n) is 20.0. The topological polar surface area (TPSA) is 241 Å². The Morgan fingerprint density at radius 2 is 0.905 bits per heavy atom. The van der Waals surface area contributed by atoms with Gasteiger partial charge in [-0.2, -0.15) is 10.2 Å². The second kappa shape index (κ2) is 26.7. The normalized spacial score (nSPS) is 22.8. The first kappa shape index (κ1) is 61.7. The van der Waals surface area contributed by atoms with Crippen molar-refractivity contribution in [3.05, 3.63) is 150 Å². The van der Waals surface area contributed by atoms with Crippen LogP contribution in [0.3, 0.4) is 0 Å². The van der Waals surface area contributed by atoms with Crippen LogP contribution in [0, 0.1) is 37.1 Å². The van der Waals surface area contributed by atoms with Crippen LogP contribution < -0.4 is 0 Å². The zero-order valence-corrected chi connectivity index (χ0v) is 48.9. The summed E-state index contributed by atoms with van der Waals surface area (Å²) in [4.78, 5) is 9.40. The number of nitrogens with zero attached hydrogens (tertiary/aromatic N) is 12. The molecule has 2 aliphatic rings. The molecule has 2 fully saturated rings. The van der Waals surface area contributed by atoms with E-state index in [1.165, 1.54) is 31.1 Å². The molecule has 4 aromatic carbocycles. The van der Waals surface area contributed by atoms with Crippen LogP contribution in [0.4, 0.5) is 17.6 Å². The van der Waals surface area contributed by atoms with Crippen LogP contribution in [-0.4, -0.2) is 143 Å². The third-order valence-corrected chi connectivity index (χ3v) is 16.2. The molecule has 2 saturated heterocycles. The Balaban J connectivity index is 0.850. The lowest BCUT2D eigenvalue weighted by atomic mass is 9.91. The highest BCUT2D eigenvalue weighted by atomic mass is 35.5. The van der Waals surface area contributed by atoms with E-state index < -0.39 is 107 Å². The second-order valence-corrected chi connectivity index (χ2v) is 22.5. The lowest BCUT2D eigenvalue weighted by Crippen LogP contribution is -2.54. The summed E-state index contributed by atoms with van der Waals surface area (Å²) in [5.74, 6) is -3.03. The van der Waals surface area contributed by atoms with Crippen molar-refractivity contribution >= 4 is 69.6 Å². The van der Waals surface area contributed by atoms with E-state index in [2.05, 4.69) is 30.8 Å². The highest BCUT2D eigenvalue weighted by Gasteiger charge is 2.52. The van der Waals surface area contributed by atoms with E-state index in [-0.39, 0.29) is 57.4 Å². The Kier molecular flexibility index (Phi) is 19.6. The van der Waals surface area contributed by atoms with Gasteiger partial charge in [-0.15, -0.1) is 10.2 Å². The van der Waals surface area contributed by atoms with Crippen LogP contribution in [0.1, 0.15) is 86.1 Å². The summed E-state index contributed by atoms with van der Waals surface area (Å²) in [7, 11) is 0. The minimum atomic E-state index is -1.46. The van der Waals surface area contributed by atoms with Gasteiger partial charge in [-0.1, -0.05) is 106 Å². The van der Waals surface area contributed by atoms with E-state index >= 15 is 0 Å². The lowest BCUT2D eigenvalue weighted by Gasteiger charge is -2.43. The molecular weight excluding hydrogens is 1230 g/mol. The van der Waals surface area contributed by atoms with Gasteiger partial charge in [0.25, 0.3) is 0 Å². The summed E-state index contributed by atoms with van der Waals surface area (Å²) in [5, 5.41) is 70.9. The number of hydrogen-bond donors (Lipinski definition) is 4. The molecule has 0 radical (unpaired) electrons. The molecule has 0 spiro atoms. The van der Waals surface area contributed by atoms with Crippen molar-refractivity contribution in [1.82, 2.24) is 59.5 Å². The van der Waals surface area contributed by atoms with Crippen LogP contribution in [0.5, 0.6) is 0 Å². The molecule has 10 rings (SSSR count). The molecule has 4 N–H and O–H groups in total. The van der Waals surface area contributed by atoms with Crippen molar-refractivity contribution < 1.29 is 56.9 Å². The largest absolute Gasteiger partial charge is 0.394 e. The average Bonchev–Trinajstić information content (AvgIpc) is 3.41. The third kappa shape index (κ3) is 13.0. The average molecular weight is 1290 g/mol. The Labute approximate surface area is 506 Å². The first-order chi connectivity index (χ1) is 40.3. The molecule has 0 amide bonds. The molecule has 10 atom stereocenters. The zero-order chi connectivity index (χ0) is 59.7. The molecular formula is C54H52Cl6F4N12O8. The Morgan fingerprint density at radius 3 is 1.27 bits per heavy atom. The maximum absolute atomic E-state index is 14.6. The maximum atomic E-state index is 14.6. The number of aliphatic hydroxyl groups is 4. The van der Waals surface area contributed by atoms with E-state index in [0.717, 1.165) is 37.1 Å². The molecule has 4 aromatic heterocycles. The standard InChI is InChI=1S/C54H52Cl6F4N12O8/c1-25-65-53(75(69-25)39-19-29(55)9-11-31(39)57)51-49(45(47(79)41(23-77)83-51)73-21-37(67-71-73)27-15-33(61)43(59)34(62)16-27)81-13-7-5-3-4-6-8-14-82-50-46(74-22-38(68-72-74)28-17-35(63)44(60)36(64)18-28)48(80)42(24-78)84-52(50)54-66-26(2)70-76(54)40-20-30(56)10-12-32(40)58/h9-12,15-22,41-42,45-52,77-80H,3-8,13-14,23-24H2,1-2H3. The Bertz CT molecular complexity index is 3360. The van der Waals surface area contributed by atoms with E-state index in [1.807, 2.05) is 0 Å². The maximum Gasteiger partial charge on any atom is 0.164 e. The van der Waals surface area contributed by atoms with Crippen molar-refractivity contribution in [1.29, 1.82) is 0 Å². The number of hydrogen-bond acceptors (Lipinski definition) is 16. The van der Waals surface area contributed by atoms with Crippen molar-refractivity contribution in [3.8, 4) is 33.9 Å². The predicted octanol–water partition coefficient (Wildman–Crippen LogP) is 10.3. The number of unbranched alkanes of at least 4 members (excludes halogenated alkanes) is 5. The first-order valence-electron chi connectivity index (χ1n) is 26.4. The fourth-order valence-electron chi connectivity index (χ4n) is 10.3. The van der Waals surface area contributed by atoms with Gasteiger partial charge in [0.2, 0.25) is 0 Å². The van der Waals surface area contributed by atoms with E-state index in [4.69, 9.17) is 98.5 Å². The first-order valence-corrected chi connectivity index (χ1v) is 28.6. The molecule has 446 valence electrons. The summed E-state index contributed by atoms with van der Waals surface area (Å²) in [5.41, 5.74) is 0.852. The highest BCUT2D eigenvalue weighted by molar-refractivity contribution is 6.35. The number of aromatic nitrogens is 12. The van der Waals surface area contributed by atoms with E-state index in [1.54, 1.807) is 50.2 Å². The number of halogens is 10. The SMILES string of the molecule is Cc1nc(C2OC(CO)C(O)C(n3cc(-c4cc(F)c(Cl)c(F)c4)nn3)C2OCCCCCCCCOC2C(c3nc(C)nn3-c3cc(Cl)ccc3Cl)OC(CO)C(O)C2n2cc(-c3cc(F)c(Cl)c(F)c3)nn2)n(-c2cc(Cl)ccc2Cl)n1. The van der Waals surface area contributed by atoms with Crippen LogP contribution in [0.15, 0.2) is 73.1 Å². The molecule has 0 saturated carbocycles. The number of benzene rings is 4. The van der Waals surface area contributed by atoms with Crippen molar-refractivity contribution in [3.63, 3.8) is 0 Å². The monoisotopic (exact) mass is 1280 g/mol. The number of aryl methyl sites for hydroxylation is 2. The van der Waals surface area contributed by atoms with Gasteiger partial charge in [0.1, 0.15) is 117 Å². The van der Waals surface area contributed by atoms with Gasteiger partial charge in [-0.05, 0) is 87.4 Å². The Morgan fingerprint density at radius 1 is 0.536 bits per heavy atom. The fourth-order valence-corrected chi connectivity index (χ4v) is 11.3. The fraction of sp³-hybridized carbons (Fsp3) is 0.407. The molecule has 10 unspecified atom stereocenters. The van der Waals surface area contributed by atoms with E-state index in [9.17, 15) is 38.0 Å². The minimum Gasteiger partial charge on any atom is -0.394 e. The molecule has 0 aliphatic carbocycles. The van der Waals surface area contributed by atoms with Gasteiger partial charge in [0.05, 0.1) is 47.0 Å². The van der Waals surface area contributed by atoms with Crippen LogP contribution in [0.25, 0.3) is 33.9 Å². The van der Waals surface area contributed by atoms with Crippen LogP contribution in [-0.2, 0) is 18.9 Å². The smallest absolute Gasteiger partial charge is 0.164 e. The summed E-state index contributed by atoms with van der Waals surface area (Å²) in [6.45, 7) is 2.28. The van der Waals surface area contributed by atoms with Gasteiger partial charge < -0.3 is 39.4 Å². The van der Waals surface area contributed by atoms with E-state index in [0.29, 0.717) is 58.8 Å². The molecule has 84 heavy (non-hydrogen) atoms. The van der Waals surface area contributed by atoms with Crippen LogP contribution >= 0.6 is 69.6 Å². The van der Waals surface area contributed by atoms with Gasteiger partial charge >= 0.3 is 0 Å². The van der Waals surface area contributed by atoms with Gasteiger partial charge in [0.15, 0.2) is 11.6 Å². The summed E-state index contributed by atoms with van der Waals surface area (Å²) < 4.78 is 90.2. The molecule has 2 aliphatic heterocycles. The quantitative estimate of drug-likeness (QED) is 0.0297. The molecule has 0 bridgehead atoms. The number of rotatable bonds is 21. The predicted molar refractivity (Wildman–Crippen MR) is 300 cm³/mol. The van der Waals surface area contributed by atoms with Crippen molar-refractivity contribution in [2.24, 2.45) is 0 Å². The van der Waals surface area contributed by atoms with Gasteiger partial charge in [-0.25, -0.2) is 46.3 Å². The van der Waals surface area contributed by atoms with Crippen molar-refractivity contribution in [2.75, 3.05) is 26.4 Å². The molecule has 30 heteroatoms. The molecule has 8 aromatic rings.